The van der Waals surface area contributed by atoms with Gasteiger partial charge in [0.1, 0.15) is 5.75 Å². The first-order chi connectivity index (χ1) is 17.9. The van der Waals surface area contributed by atoms with Gasteiger partial charge in [-0.3, -0.25) is 9.78 Å². The van der Waals surface area contributed by atoms with E-state index in [1.807, 2.05) is 24.3 Å². The number of aliphatic carboxylic acids is 1. The Labute approximate surface area is 220 Å². The van der Waals surface area contributed by atoms with Crippen LogP contribution in [0.1, 0.15) is 61.3 Å². The van der Waals surface area contributed by atoms with Gasteiger partial charge in [-0.25, -0.2) is 0 Å². The summed E-state index contributed by atoms with van der Waals surface area (Å²) in [6.07, 6.45) is 6.81. The molecule has 0 radical (unpaired) electrons. The molecule has 2 heterocycles. The van der Waals surface area contributed by atoms with Crippen LogP contribution in [0.5, 0.6) is 5.75 Å². The number of aliphatic hydroxyl groups excluding tert-OH is 1. The molecule has 1 aromatic heterocycles. The fourth-order valence-electron chi connectivity index (χ4n) is 5.73. The third-order valence-corrected chi connectivity index (χ3v) is 7.92. The number of likely N-dealkylation sites (tertiary alicyclic amines) is 1. The molecule has 3 aromatic rings. The first-order valence-corrected chi connectivity index (χ1v) is 13.5. The van der Waals surface area contributed by atoms with Crippen LogP contribution >= 0.6 is 0 Å². The van der Waals surface area contributed by atoms with Crippen molar-refractivity contribution in [3.8, 4) is 5.75 Å². The molecule has 2 aromatic carbocycles. The van der Waals surface area contributed by atoms with Crippen molar-refractivity contribution in [2.75, 3.05) is 26.7 Å². The Morgan fingerprint density at radius 1 is 1.14 bits per heavy atom. The number of aromatic nitrogens is 1. The highest BCUT2D eigenvalue weighted by atomic mass is 16.5. The first kappa shape index (κ1) is 27.1. The minimum atomic E-state index is -0.729. The standard InChI is InChI=1S/C31H40N2O4/c1-22-5-7-23(8-6-22)4-3-18-33-19-16-24(25(21-33)10-14-31(35)36)9-13-30(34)27-15-17-32-29-12-11-26(37-2)20-28(27)29/h5-8,11-12,15,17,20,24-25,30,34H,3-4,9-10,13-14,16,18-19,21H2,1-2H3,(H,35,36)/t24?,25?,30-/m0/s1. The normalized spacial score (nSPS) is 19.1. The van der Waals surface area contributed by atoms with Crippen LogP contribution in [-0.2, 0) is 11.2 Å². The lowest BCUT2D eigenvalue weighted by Crippen LogP contribution is -2.41. The Kier molecular flexibility index (Phi) is 9.53. The van der Waals surface area contributed by atoms with Crippen LogP contribution in [0.25, 0.3) is 10.9 Å². The van der Waals surface area contributed by atoms with Crippen molar-refractivity contribution in [3.63, 3.8) is 0 Å². The number of carboxylic acid groups (broad SMARTS) is 1. The second kappa shape index (κ2) is 13.0. The molecule has 0 bridgehead atoms. The molecule has 0 spiro atoms. The number of aliphatic hydroxyl groups is 1. The average molecular weight is 505 g/mol. The molecule has 1 fully saturated rings. The van der Waals surface area contributed by atoms with E-state index in [0.29, 0.717) is 24.7 Å². The van der Waals surface area contributed by atoms with Gasteiger partial charge in [-0.1, -0.05) is 29.8 Å². The molecule has 0 amide bonds. The van der Waals surface area contributed by atoms with Crippen LogP contribution in [0.4, 0.5) is 0 Å². The lowest BCUT2D eigenvalue weighted by Gasteiger charge is -2.39. The zero-order valence-electron chi connectivity index (χ0n) is 22.1. The molecule has 1 aliphatic heterocycles. The predicted octanol–water partition coefficient (Wildman–Crippen LogP) is 5.80. The maximum atomic E-state index is 11.3. The van der Waals surface area contributed by atoms with E-state index < -0.39 is 12.1 Å². The highest BCUT2D eigenvalue weighted by Gasteiger charge is 2.30. The lowest BCUT2D eigenvalue weighted by atomic mass is 9.79. The molecule has 1 aliphatic rings. The van der Waals surface area contributed by atoms with Crippen LogP contribution in [0.15, 0.2) is 54.7 Å². The molecule has 1 saturated heterocycles. The summed E-state index contributed by atoms with van der Waals surface area (Å²) in [4.78, 5) is 18.3. The number of benzene rings is 2. The van der Waals surface area contributed by atoms with Gasteiger partial charge in [-0.05, 0) is 106 Å². The van der Waals surface area contributed by atoms with Crippen LogP contribution in [0.2, 0.25) is 0 Å². The summed E-state index contributed by atoms with van der Waals surface area (Å²) in [6, 6.07) is 16.4. The van der Waals surface area contributed by atoms with E-state index in [9.17, 15) is 15.0 Å². The Morgan fingerprint density at radius 3 is 2.70 bits per heavy atom. The summed E-state index contributed by atoms with van der Waals surface area (Å²) < 4.78 is 5.38. The van der Waals surface area contributed by atoms with Gasteiger partial charge in [-0.2, -0.15) is 0 Å². The molecule has 198 valence electrons. The van der Waals surface area contributed by atoms with E-state index in [4.69, 9.17) is 4.74 Å². The largest absolute Gasteiger partial charge is 0.497 e. The molecule has 0 aliphatic carbocycles. The number of piperidine rings is 1. The fraction of sp³-hybridized carbons (Fsp3) is 0.484. The molecule has 37 heavy (non-hydrogen) atoms. The van der Waals surface area contributed by atoms with Gasteiger partial charge in [-0.15, -0.1) is 0 Å². The third kappa shape index (κ3) is 7.53. The monoisotopic (exact) mass is 504 g/mol. The van der Waals surface area contributed by atoms with Gasteiger partial charge in [0.2, 0.25) is 0 Å². The molecule has 0 saturated carbocycles. The maximum absolute atomic E-state index is 11.3. The Hall–Kier alpha value is -2.96. The number of aryl methyl sites for hydroxylation is 2. The van der Waals surface area contributed by atoms with Crippen LogP contribution < -0.4 is 4.74 Å². The van der Waals surface area contributed by atoms with Crippen molar-refractivity contribution in [3.05, 3.63) is 71.4 Å². The van der Waals surface area contributed by atoms with Crippen molar-refractivity contribution in [1.29, 1.82) is 0 Å². The molecule has 2 N–H and O–H groups in total. The Balaban J connectivity index is 1.34. The van der Waals surface area contributed by atoms with E-state index in [1.54, 1.807) is 13.3 Å². The zero-order chi connectivity index (χ0) is 26.2. The van der Waals surface area contributed by atoms with E-state index in [2.05, 4.69) is 41.1 Å². The molecular weight excluding hydrogens is 464 g/mol. The van der Waals surface area contributed by atoms with Gasteiger partial charge < -0.3 is 19.8 Å². The number of rotatable bonds is 12. The van der Waals surface area contributed by atoms with Gasteiger partial charge in [0.15, 0.2) is 0 Å². The first-order valence-electron chi connectivity index (χ1n) is 13.5. The molecule has 2 unspecified atom stereocenters. The minimum Gasteiger partial charge on any atom is -0.497 e. The van der Waals surface area contributed by atoms with E-state index >= 15 is 0 Å². The summed E-state index contributed by atoms with van der Waals surface area (Å²) >= 11 is 0. The van der Waals surface area contributed by atoms with Crippen molar-refractivity contribution in [2.24, 2.45) is 11.8 Å². The van der Waals surface area contributed by atoms with Gasteiger partial charge >= 0.3 is 5.97 Å². The van der Waals surface area contributed by atoms with Crippen LogP contribution in [-0.4, -0.2) is 52.8 Å². The number of carbonyl (C=O) groups is 1. The molecule has 6 heteroatoms. The number of hydrogen-bond donors (Lipinski definition) is 2. The third-order valence-electron chi connectivity index (χ3n) is 7.92. The van der Waals surface area contributed by atoms with Gasteiger partial charge in [0.25, 0.3) is 0 Å². The predicted molar refractivity (Wildman–Crippen MR) is 147 cm³/mol. The highest BCUT2D eigenvalue weighted by molar-refractivity contribution is 5.83. The molecule has 4 rings (SSSR count). The smallest absolute Gasteiger partial charge is 0.303 e. The second-order valence-corrected chi connectivity index (χ2v) is 10.5. The number of pyridine rings is 1. The zero-order valence-corrected chi connectivity index (χ0v) is 22.1. The minimum absolute atomic E-state index is 0.204. The lowest BCUT2D eigenvalue weighted by molar-refractivity contribution is -0.137. The topological polar surface area (TPSA) is 82.9 Å². The van der Waals surface area contributed by atoms with Crippen LogP contribution in [0, 0.1) is 18.8 Å². The number of carboxylic acids is 1. The van der Waals surface area contributed by atoms with E-state index in [0.717, 1.165) is 67.5 Å². The Morgan fingerprint density at radius 2 is 1.95 bits per heavy atom. The summed E-state index contributed by atoms with van der Waals surface area (Å²) in [6.45, 7) is 5.13. The SMILES string of the molecule is COc1ccc2nccc([C@@H](O)CCC3CCN(CCCc4ccc(C)cc4)CC3CCC(=O)O)c2c1. The average Bonchev–Trinajstić information content (AvgIpc) is 2.91. The fourth-order valence-corrected chi connectivity index (χ4v) is 5.73. The van der Waals surface area contributed by atoms with Crippen LogP contribution in [0.3, 0.4) is 0 Å². The number of ether oxygens (including phenoxy) is 1. The summed E-state index contributed by atoms with van der Waals surface area (Å²) in [5, 5.41) is 21.4. The summed E-state index contributed by atoms with van der Waals surface area (Å²) in [5.41, 5.74) is 4.38. The quantitative estimate of drug-likeness (QED) is 0.324. The van der Waals surface area contributed by atoms with E-state index in [1.165, 1.54) is 11.1 Å². The maximum Gasteiger partial charge on any atom is 0.303 e. The number of hydrogen-bond acceptors (Lipinski definition) is 5. The summed E-state index contributed by atoms with van der Waals surface area (Å²) in [7, 11) is 1.64. The van der Waals surface area contributed by atoms with E-state index in [-0.39, 0.29) is 6.42 Å². The number of nitrogens with zero attached hydrogens (tertiary/aromatic N) is 2. The highest BCUT2D eigenvalue weighted by Crippen LogP contribution is 2.35. The van der Waals surface area contributed by atoms with Crippen molar-refractivity contribution >= 4 is 16.9 Å². The Bertz CT molecular complexity index is 1160. The number of methoxy groups -OCH3 is 1. The number of fused-ring (bicyclic) bond motifs is 1. The van der Waals surface area contributed by atoms with Crippen molar-refractivity contribution in [2.45, 2.75) is 58.0 Å². The molecular formula is C31H40N2O4. The van der Waals surface area contributed by atoms with Crippen molar-refractivity contribution < 1.29 is 19.7 Å². The summed E-state index contributed by atoms with van der Waals surface area (Å²) in [5.74, 6) is 0.778. The van der Waals surface area contributed by atoms with Gasteiger partial charge in [0, 0.05) is 24.5 Å². The second-order valence-electron chi connectivity index (χ2n) is 10.5. The molecule has 6 nitrogen and oxygen atoms in total. The molecule has 3 atom stereocenters. The van der Waals surface area contributed by atoms with Crippen molar-refractivity contribution in [1.82, 2.24) is 9.88 Å². The van der Waals surface area contributed by atoms with Gasteiger partial charge in [0.05, 0.1) is 18.7 Å².